The summed E-state index contributed by atoms with van der Waals surface area (Å²) < 4.78 is 13.9. The van der Waals surface area contributed by atoms with Gasteiger partial charge in [0, 0.05) is 25.7 Å². The molecule has 1 aliphatic heterocycles. The van der Waals surface area contributed by atoms with E-state index in [9.17, 15) is 9.18 Å². The Kier molecular flexibility index (Phi) is 3.66. The first-order chi connectivity index (χ1) is 8.50. The van der Waals surface area contributed by atoms with Gasteiger partial charge in [0.25, 0.3) is 5.91 Å². The second kappa shape index (κ2) is 5.06. The molecule has 1 saturated heterocycles. The van der Waals surface area contributed by atoms with Gasteiger partial charge in [-0.2, -0.15) is 0 Å². The summed E-state index contributed by atoms with van der Waals surface area (Å²) in [5.41, 5.74) is 0.703. The van der Waals surface area contributed by atoms with Crippen molar-refractivity contribution in [2.75, 3.05) is 26.7 Å². The van der Waals surface area contributed by atoms with Crippen molar-refractivity contribution in [3.05, 3.63) is 35.1 Å². The lowest BCUT2D eigenvalue weighted by molar-refractivity contribution is 0.0568. The predicted molar refractivity (Wildman–Crippen MR) is 69.1 cm³/mol. The maximum atomic E-state index is 13.9. The van der Waals surface area contributed by atoms with Crippen LogP contribution >= 0.6 is 0 Å². The smallest absolute Gasteiger partial charge is 0.256 e. The Morgan fingerprint density at radius 2 is 2.11 bits per heavy atom. The van der Waals surface area contributed by atoms with Crippen molar-refractivity contribution in [1.82, 2.24) is 9.80 Å². The molecule has 98 valence electrons. The fraction of sp³-hybridized carbons (Fsp3) is 0.500. The molecule has 1 unspecified atom stereocenters. The molecule has 0 saturated carbocycles. The van der Waals surface area contributed by atoms with Gasteiger partial charge in [0.1, 0.15) is 5.82 Å². The molecular weight excluding hydrogens is 231 g/mol. The molecule has 0 radical (unpaired) electrons. The molecule has 0 spiro atoms. The van der Waals surface area contributed by atoms with Crippen molar-refractivity contribution >= 4 is 5.91 Å². The zero-order valence-corrected chi connectivity index (χ0v) is 11.1. The Bertz CT molecular complexity index is 461. The lowest BCUT2D eigenvalue weighted by atomic mass is 10.1. The topological polar surface area (TPSA) is 23.6 Å². The van der Waals surface area contributed by atoms with Crippen LogP contribution in [0.4, 0.5) is 4.39 Å². The monoisotopic (exact) mass is 250 g/mol. The predicted octanol–water partition coefficient (Wildman–Crippen LogP) is 1.91. The molecule has 1 aliphatic rings. The summed E-state index contributed by atoms with van der Waals surface area (Å²) in [7, 11) is 2.04. The second-order valence-electron chi connectivity index (χ2n) is 5.02. The van der Waals surface area contributed by atoms with Gasteiger partial charge in [-0.3, -0.25) is 4.79 Å². The van der Waals surface area contributed by atoms with Crippen LogP contribution in [0.25, 0.3) is 0 Å². The lowest BCUT2D eigenvalue weighted by Crippen LogP contribution is -2.52. The molecule has 0 aliphatic carbocycles. The first kappa shape index (κ1) is 13.0. The van der Waals surface area contributed by atoms with Crippen LogP contribution in [0.1, 0.15) is 22.8 Å². The minimum Gasteiger partial charge on any atom is -0.336 e. The van der Waals surface area contributed by atoms with Gasteiger partial charge in [-0.15, -0.1) is 0 Å². The minimum absolute atomic E-state index is 0.187. The number of benzene rings is 1. The fourth-order valence-corrected chi connectivity index (χ4v) is 2.22. The number of halogens is 1. The van der Waals surface area contributed by atoms with Crippen LogP contribution < -0.4 is 0 Å². The summed E-state index contributed by atoms with van der Waals surface area (Å²) in [5.74, 6) is -0.592. The molecule has 0 bridgehead atoms. The van der Waals surface area contributed by atoms with Gasteiger partial charge >= 0.3 is 0 Å². The summed E-state index contributed by atoms with van der Waals surface area (Å²) in [6, 6.07) is 5.29. The third kappa shape index (κ3) is 2.38. The van der Waals surface area contributed by atoms with Crippen LogP contribution in [0.5, 0.6) is 0 Å². The van der Waals surface area contributed by atoms with E-state index < -0.39 is 5.82 Å². The third-order valence-electron chi connectivity index (χ3n) is 3.67. The van der Waals surface area contributed by atoms with Crippen molar-refractivity contribution in [3.63, 3.8) is 0 Å². The number of hydrogen-bond acceptors (Lipinski definition) is 2. The molecule has 1 fully saturated rings. The number of rotatable bonds is 1. The highest BCUT2D eigenvalue weighted by Crippen LogP contribution is 2.16. The number of carbonyl (C=O) groups is 1. The maximum absolute atomic E-state index is 13.9. The van der Waals surface area contributed by atoms with Crippen LogP contribution in [0.3, 0.4) is 0 Å². The average Bonchev–Trinajstić information content (AvgIpc) is 2.35. The normalized spacial score (nSPS) is 21.1. The zero-order valence-electron chi connectivity index (χ0n) is 11.1. The first-order valence-corrected chi connectivity index (χ1v) is 6.25. The molecule has 18 heavy (non-hydrogen) atoms. The molecule has 1 amide bonds. The van der Waals surface area contributed by atoms with Gasteiger partial charge in [0.15, 0.2) is 0 Å². The molecule has 1 aromatic rings. The van der Waals surface area contributed by atoms with Crippen LogP contribution in [0, 0.1) is 12.7 Å². The number of piperazine rings is 1. The Labute approximate surface area is 107 Å². The van der Waals surface area contributed by atoms with Crippen molar-refractivity contribution in [2.24, 2.45) is 0 Å². The molecular formula is C14H19FN2O. The molecule has 1 aromatic carbocycles. The summed E-state index contributed by atoms with van der Waals surface area (Å²) in [4.78, 5) is 16.2. The Hall–Kier alpha value is -1.42. The maximum Gasteiger partial charge on any atom is 0.256 e. The average molecular weight is 250 g/mol. The van der Waals surface area contributed by atoms with E-state index in [0.29, 0.717) is 24.7 Å². The molecule has 4 heteroatoms. The van der Waals surface area contributed by atoms with Crippen molar-refractivity contribution < 1.29 is 9.18 Å². The summed E-state index contributed by atoms with van der Waals surface area (Å²) in [6.45, 7) is 5.90. The number of carbonyl (C=O) groups excluding carboxylic acids is 1. The number of amides is 1. The van der Waals surface area contributed by atoms with E-state index in [0.717, 1.165) is 6.54 Å². The Morgan fingerprint density at radius 3 is 2.78 bits per heavy atom. The van der Waals surface area contributed by atoms with Crippen LogP contribution in [-0.4, -0.2) is 48.4 Å². The standard InChI is InChI=1S/C14H19FN2O/c1-10-5-4-6-12(13(10)15)14(18)17-8-7-16(3)11(2)9-17/h4-6,11H,7-9H2,1-3H3. The van der Waals surface area contributed by atoms with E-state index in [1.54, 1.807) is 30.0 Å². The van der Waals surface area contributed by atoms with E-state index in [-0.39, 0.29) is 11.5 Å². The molecule has 0 N–H and O–H groups in total. The van der Waals surface area contributed by atoms with Gasteiger partial charge in [-0.05, 0) is 32.5 Å². The highest BCUT2D eigenvalue weighted by atomic mass is 19.1. The second-order valence-corrected chi connectivity index (χ2v) is 5.02. The molecule has 2 rings (SSSR count). The van der Waals surface area contributed by atoms with Crippen molar-refractivity contribution in [3.8, 4) is 0 Å². The van der Waals surface area contributed by atoms with E-state index >= 15 is 0 Å². The van der Waals surface area contributed by atoms with Crippen LogP contribution in [-0.2, 0) is 0 Å². The van der Waals surface area contributed by atoms with Crippen LogP contribution in [0.15, 0.2) is 18.2 Å². The highest BCUT2D eigenvalue weighted by Gasteiger charge is 2.26. The first-order valence-electron chi connectivity index (χ1n) is 6.25. The molecule has 1 heterocycles. The number of likely N-dealkylation sites (N-methyl/N-ethyl adjacent to an activating group) is 1. The molecule has 0 aromatic heterocycles. The summed E-state index contributed by atoms with van der Waals surface area (Å²) in [6.07, 6.45) is 0. The molecule has 1 atom stereocenters. The van der Waals surface area contributed by atoms with E-state index in [1.807, 2.05) is 7.05 Å². The number of aryl methyl sites for hydroxylation is 1. The Balaban J connectivity index is 2.19. The lowest BCUT2D eigenvalue weighted by Gasteiger charge is -2.37. The quantitative estimate of drug-likeness (QED) is 0.760. The largest absolute Gasteiger partial charge is 0.336 e. The zero-order chi connectivity index (χ0) is 13.3. The minimum atomic E-state index is -0.394. The fourth-order valence-electron chi connectivity index (χ4n) is 2.22. The Morgan fingerprint density at radius 1 is 1.39 bits per heavy atom. The van der Waals surface area contributed by atoms with Gasteiger partial charge in [0.05, 0.1) is 5.56 Å². The SMILES string of the molecule is Cc1cccc(C(=O)N2CCN(C)C(C)C2)c1F. The van der Waals surface area contributed by atoms with E-state index in [2.05, 4.69) is 11.8 Å². The number of nitrogens with zero attached hydrogens (tertiary/aromatic N) is 2. The van der Waals surface area contributed by atoms with Crippen molar-refractivity contribution in [2.45, 2.75) is 19.9 Å². The third-order valence-corrected chi connectivity index (χ3v) is 3.67. The summed E-state index contributed by atoms with van der Waals surface area (Å²) >= 11 is 0. The van der Waals surface area contributed by atoms with Crippen molar-refractivity contribution in [1.29, 1.82) is 0 Å². The number of hydrogen-bond donors (Lipinski definition) is 0. The van der Waals surface area contributed by atoms with E-state index in [1.165, 1.54) is 0 Å². The molecule has 3 nitrogen and oxygen atoms in total. The van der Waals surface area contributed by atoms with Gasteiger partial charge < -0.3 is 9.80 Å². The van der Waals surface area contributed by atoms with Gasteiger partial charge in [-0.1, -0.05) is 12.1 Å². The van der Waals surface area contributed by atoms with Gasteiger partial charge in [0.2, 0.25) is 0 Å². The van der Waals surface area contributed by atoms with Gasteiger partial charge in [-0.25, -0.2) is 4.39 Å². The van der Waals surface area contributed by atoms with Crippen LogP contribution in [0.2, 0.25) is 0 Å². The highest BCUT2D eigenvalue weighted by molar-refractivity contribution is 5.94. The summed E-state index contributed by atoms with van der Waals surface area (Å²) in [5, 5.41) is 0. The van der Waals surface area contributed by atoms with E-state index in [4.69, 9.17) is 0 Å².